The molecule has 7 atom stereocenters. The number of aliphatic hydroxyl groups is 5. The van der Waals surface area contributed by atoms with Crippen molar-refractivity contribution in [1.29, 1.82) is 0 Å². The molecule has 0 aromatic carbocycles. The van der Waals surface area contributed by atoms with E-state index >= 15 is 0 Å². The largest absolute Gasteiger partial charge is 0.395 e. The van der Waals surface area contributed by atoms with Crippen molar-refractivity contribution >= 4 is 0 Å². The Morgan fingerprint density at radius 3 is 2.30 bits per heavy atom. The average Bonchev–Trinajstić information content (AvgIpc) is 2.81. The summed E-state index contributed by atoms with van der Waals surface area (Å²) in [6, 6.07) is -0.537. The van der Waals surface area contributed by atoms with E-state index in [1.165, 1.54) is 0 Å². The molecule has 7 heteroatoms. The third kappa shape index (κ3) is 2.37. The Hall–Kier alpha value is -0.280. The number of rotatable bonds is 3. The second-order valence-corrected chi connectivity index (χ2v) is 6.19. The first-order valence-corrected chi connectivity index (χ1v) is 7.07. The van der Waals surface area contributed by atoms with Crippen molar-refractivity contribution in [3.8, 4) is 0 Å². The number of nitrogens with one attached hydrogen (secondary N) is 1. The van der Waals surface area contributed by atoms with Gasteiger partial charge in [-0.2, -0.15) is 0 Å². The van der Waals surface area contributed by atoms with E-state index in [2.05, 4.69) is 5.32 Å². The molecular formula is C13H25NO6. The Bertz CT molecular complexity index is 339. The highest BCUT2D eigenvalue weighted by Crippen LogP contribution is 2.42. The maximum atomic E-state index is 10.4. The van der Waals surface area contributed by atoms with Crippen LogP contribution in [0, 0.1) is 5.92 Å². The first-order valence-electron chi connectivity index (χ1n) is 7.07. The molecule has 2 aliphatic rings. The van der Waals surface area contributed by atoms with Gasteiger partial charge in [-0.05, 0) is 12.3 Å². The summed E-state index contributed by atoms with van der Waals surface area (Å²) < 4.78 is 5.80. The van der Waals surface area contributed by atoms with Gasteiger partial charge in [0.15, 0.2) is 0 Å². The van der Waals surface area contributed by atoms with E-state index in [1.54, 1.807) is 0 Å². The lowest BCUT2D eigenvalue weighted by molar-refractivity contribution is -0.279. The fourth-order valence-electron chi connectivity index (χ4n) is 3.53. The van der Waals surface area contributed by atoms with Gasteiger partial charge in [-0.3, -0.25) is 0 Å². The van der Waals surface area contributed by atoms with Crippen LogP contribution in [-0.2, 0) is 4.74 Å². The van der Waals surface area contributed by atoms with E-state index in [4.69, 9.17) is 4.74 Å². The molecule has 2 saturated heterocycles. The molecule has 20 heavy (non-hydrogen) atoms. The number of aliphatic hydroxyl groups excluding tert-OH is 5. The van der Waals surface area contributed by atoms with Gasteiger partial charge in [0.1, 0.15) is 30.0 Å². The van der Waals surface area contributed by atoms with Crippen LogP contribution in [0.25, 0.3) is 0 Å². The molecule has 7 unspecified atom stereocenters. The molecule has 0 aliphatic carbocycles. The summed E-state index contributed by atoms with van der Waals surface area (Å²) in [6.07, 6.45) is -4.64. The second kappa shape index (κ2) is 5.84. The molecule has 2 rings (SSSR count). The van der Waals surface area contributed by atoms with Gasteiger partial charge in [-0.25, -0.2) is 0 Å². The van der Waals surface area contributed by atoms with E-state index < -0.39 is 36.6 Å². The Kier molecular flexibility index (Phi) is 4.70. The van der Waals surface area contributed by atoms with E-state index in [1.807, 2.05) is 13.8 Å². The third-order valence-electron chi connectivity index (χ3n) is 4.50. The van der Waals surface area contributed by atoms with Gasteiger partial charge < -0.3 is 35.6 Å². The zero-order valence-corrected chi connectivity index (χ0v) is 11.8. The quantitative estimate of drug-likeness (QED) is 0.342. The van der Waals surface area contributed by atoms with Crippen LogP contribution < -0.4 is 5.32 Å². The zero-order valence-electron chi connectivity index (χ0n) is 11.8. The van der Waals surface area contributed by atoms with Crippen LogP contribution in [0.3, 0.4) is 0 Å². The minimum absolute atomic E-state index is 0.0861. The highest BCUT2D eigenvalue weighted by molar-refractivity contribution is 5.14. The summed E-state index contributed by atoms with van der Waals surface area (Å²) in [6.45, 7) is 3.34. The van der Waals surface area contributed by atoms with Gasteiger partial charge in [0.05, 0.1) is 13.2 Å². The van der Waals surface area contributed by atoms with Crippen LogP contribution >= 0.6 is 0 Å². The molecular weight excluding hydrogens is 266 g/mol. The van der Waals surface area contributed by atoms with Crippen molar-refractivity contribution in [1.82, 2.24) is 5.32 Å². The lowest BCUT2D eigenvalue weighted by atomic mass is 9.76. The van der Waals surface area contributed by atoms with Crippen LogP contribution in [0.2, 0.25) is 0 Å². The Morgan fingerprint density at radius 1 is 1.15 bits per heavy atom. The van der Waals surface area contributed by atoms with Crippen molar-refractivity contribution < 1.29 is 30.3 Å². The van der Waals surface area contributed by atoms with E-state index in [-0.39, 0.29) is 24.6 Å². The van der Waals surface area contributed by atoms with Gasteiger partial charge >= 0.3 is 0 Å². The van der Waals surface area contributed by atoms with Crippen molar-refractivity contribution in [3.05, 3.63) is 0 Å². The SMILES string of the molecule is CC(C)C1NC(CO)CC12OC(CO)C(O)C(O)C2O. The Balaban J connectivity index is 2.34. The van der Waals surface area contributed by atoms with Crippen LogP contribution in [0.4, 0.5) is 0 Å². The van der Waals surface area contributed by atoms with Gasteiger partial charge in [0, 0.05) is 12.1 Å². The van der Waals surface area contributed by atoms with Crippen molar-refractivity contribution in [2.45, 2.75) is 62.4 Å². The smallest absolute Gasteiger partial charge is 0.114 e. The molecule has 0 radical (unpaired) electrons. The molecule has 2 fully saturated rings. The monoisotopic (exact) mass is 291 g/mol. The van der Waals surface area contributed by atoms with Crippen LogP contribution in [0.5, 0.6) is 0 Å². The molecule has 0 aromatic rings. The number of hydrogen-bond donors (Lipinski definition) is 6. The number of ether oxygens (including phenoxy) is 1. The average molecular weight is 291 g/mol. The zero-order chi connectivity index (χ0) is 15.1. The molecule has 118 valence electrons. The minimum atomic E-state index is -1.39. The fraction of sp³-hybridized carbons (Fsp3) is 1.00. The summed E-state index contributed by atoms with van der Waals surface area (Å²) in [5, 5.41) is 52.1. The summed E-state index contributed by atoms with van der Waals surface area (Å²) in [5.41, 5.74) is -1.12. The molecule has 0 bridgehead atoms. The van der Waals surface area contributed by atoms with Gasteiger partial charge in [0.2, 0.25) is 0 Å². The first-order chi connectivity index (χ1) is 9.37. The van der Waals surface area contributed by atoms with Gasteiger partial charge in [-0.1, -0.05) is 13.8 Å². The Labute approximate surface area is 118 Å². The van der Waals surface area contributed by atoms with Crippen molar-refractivity contribution in [3.63, 3.8) is 0 Å². The molecule has 0 aromatic heterocycles. The standard InChI is InChI=1S/C13H25NO6/c1-6(2)11-13(3-7(4-15)14-11)12(19)10(18)9(17)8(5-16)20-13/h6-12,14-19H,3-5H2,1-2H3. The topological polar surface area (TPSA) is 122 Å². The minimum Gasteiger partial charge on any atom is -0.395 e. The van der Waals surface area contributed by atoms with E-state index in [0.717, 1.165) is 0 Å². The number of hydrogen-bond acceptors (Lipinski definition) is 7. The van der Waals surface area contributed by atoms with Crippen LogP contribution in [-0.4, -0.2) is 80.8 Å². The predicted molar refractivity (Wildman–Crippen MR) is 70.0 cm³/mol. The Morgan fingerprint density at radius 2 is 1.80 bits per heavy atom. The summed E-state index contributed by atoms with van der Waals surface area (Å²) in [4.78, 5) is 0. The highest BCUT2D eigenvalue weighted by atomic mass is 16.6. The normalized spacial score (nSPS) is 49.2. The summed E-state index contributed by atoms with van der Waals surface area (Å²) in [5.74, 6) is 0.0861. The van der Waals surface area contributed by atoms with E-state index in [9.17, 15) is 25.5 Å². The molecule has 2 aliphatic heterocycles. The van der Waals surface area contributed by atoms with Crippen molar-refractivity contribution in [2.24, 2.45) is 5.92 Å². The summed E-state index contributed by atoms with van der Waals surface area (Å²) in [7, 11) is 0. The fourth-order valence-corrected chi connectivity index (χ4v) is 3.53. The molecule has 1 spiro atoms. The second-order valence-electron chi connectivity index (χ2n) is 6.19. The molecule has 6 N–H and O–H groups in total. The molecule has 7 nitrogen and oxygen atoms in total. The maximum absolute atomic E-state index is 10.4. The summed E-state index contributed by atoms with van der Waals surface area (Å²) >= 11 is 0. The molecule has 2 heterocycles. The highest BCUT2D eigenvalue weighted by Gasteiger charge is 2.61. The first kappa shape index (κ1) is 16.1. The predicted octanol–water partition coefficient (Wildman–Crippen LogP) is -2.42. The molecule has 0 saturated carbocycles. The maximum Gasteiger partial charge on any atom is 0.114 e. The lowest BCUT2D eigenvalue weighted by Gasteiger charge is -2.50. The van der Waals surface area contributed by atoms with Crippen LogP contribution in [0.1, 0.15) is 20.3 Å². The van der Waals surface area contributed by atoms with Crippen molar-refractivity contribution in [2.75, 3.05) is 13.2 Å². The third-order valence-corrected chi connectivity index (χ3v) is 4.50. The van der Waals surface area contributed by atoms with Gasteiger partial charge in [-0.15, -0.1) is 0 Å². The lowest BCUT2D eigenvalue weighted by Crippen LogP contribution is -2.69. The van der Waals surface area contributed by atoms with Crippen LogP contribution in [0.15, 0.2) is 0 Å². The molecule has 0 amide bonds. The van der Waals surface area contributed by atoms with Gasteiger partial charge in [0.25, 0.3) is 0 Å². The van der Waals surface area contributed by atoms with E-state index in [0.29, 0.717) is 6.42 Å².